The second-order valence-corrected chi connectivity index (χ2v) is 5.74. The molecule has 0 aromatic carbocycles. The van der Waals surface area contributed by atoms with E-state index in [0.29, 0.717) is 13.0 Å². The summed E-state index contributed by atoms with van der Waals surface area (Å²) in [5.41, 5.74) is 0.353. The summed E-state index contributed by atoms with van der Waals surface area (Å²) >= 11 is 11.8. The third-order valence-electron chi connectivity index (χ3n) is 2.96. The third-order valence-corrected chi connectivity index (χ3v) is 4.06. The summed E-state index contributed by atoms with van der Waals surface area (Å²) in [5.74, 6) is -0.102. The zero-order chi connectivity index (χ0) is 11.8. The van der Waals surface area contributed by atoms with Crippen molar-refractivity contribution in [2.24, 2.45) is 5.41 Å². The molecular weight excluding hydrogens is 247 g/mol. The molecule has 86 valence electrons. The van der Waals surface area contributed by atoms with E-state index in [1.54, 1.807) is 19.3 Å². The maximum absolute atomic E-state index is 11.8. The number of hydrogen-bond acceptors (Lipinski definition) is 2. The number of nitrogens with zero attached hydrogens (tertiary/aromatic N) is 1. The van der Waals surface area contributed by atoms with Gasteiger partial charge in [0.25, 0.3) is 0 Å². The summed E-state index contributed by atoms with van der Waals surface area (Å²) in [5, 5.41) is 2.82. The Bertz CT molecular complexity index is 408. The van der Waals surface area contributed by atoms with Crippen LogP contribution >= 0.6 is 23.2 Å². The second-order valence-electron chi connectivity index (χ2n) is 4.25. The summed E-state index contributed by atoms with van der Waals surface area (Å²) < 4.78 is -0.907. The molecule has 1 aliphatic rings. The van der Waals surface area contributed by atoms with Crippen LogP contribution < -0.4 is 5.32 Å². The van der Waals surface area contributed by atoms with Crippen LogP contribution in [-0.4, -0.2) is 15.2 Å². The Morgan fingerprint density at radius 2 is 2.06 bits per heavy atom. The predicted octanol–water partition coefficient (Wildman–Crippen LogP) is 2.28. The average molecular weight is 259 g/mol. The Morgan fingerprint density at radius 1 is 1.50 bits per heavy atom. The van der Waals surface area contributed by atoms with E-state index >= 15 is 0 Å². The molecule has 5 heteroatoms. The molecular formula is C11H12Cl2N2O. The lowest BCUT2D eigenvalue weighted by atomic mass is 10.1. The van der Waals surface area contributed by atoms with Crippen molar-refractivity contribution in [1.82, 2.24) is 10.3 Å². The molecule has 1 saturated carbocycles. The zero-order valence-corrected chi connectivity index (χ0v) is 10.3. The first kappa shape index (κ1) is 11.7. The highest BCUT2D eigenvalue weighted by Crippen LogP contribution is 2.63. The predicted molar refractivity (Wildman–Crippen MR) is 63.2 cm³/mol. The van der Waals surface area contributed by atoms with Crippen LogP contribution in [0, 0.1) is 5.41 Å². The molecule has 1 amide bonds. The fraction of sp³-hybridized carbons (Fsp3) is 0.455. The highest BCUT2D eigenvalue weighted by molar-refractivity contribution is 6.53. The van der Waals surface area contributed by atoms with Crippen LogP contribution in [-0.2, 0) is 11.3 Å². The van der Waals surface area contributed by atoms with Gasteiger partial charge in [-0.2, -0.15) is 0 Å². The molecule has 1 unspecified atom stereocenters. The second kappa shape index (κ2) is 3.90. The van der Waals surface area contributed by atoms with Gasteiger partial charge >= 0.3 is 0 Å². The molecule has 0 aliphatic heterocycles. The van der Waals surface area contributed by atoms with Crippen molar-refractivity contribution in [1.29, 1.82) is 0 Å². The lowest BCUT2D eigenvalue weighted by Crippen LogP contribution is -2.32. The number of halogens is 2. The van der Waals surface area contributed by atoms with Crippen LogP contribution in [0.1, 0.15) is 18.9 Å². The molecule has 1 heterocycles. The molecule has 0 saturated heterocycles. The maximum Gasteiger partial charge on any atom is 0.229 e. The van der Waals surface area contributed by atoms with Gasteiger partial charge in [0, 0.05) is 18.9 Å². The van der Waals surface area contributed by atoms with Crippen molar-refractivity contribution in [3.05, 3.63) is 30.1 Å². The zero-order valence-electron chi connectivity index (χ0n) is 8.84. The van der Waals surface area contributed by atoms with E-state index in [9.17, 15) is 4.79 Å². The van der Waals surface area contributed by atoms with Crippen LogP contribution in [0.4, 0.5) is 0 Å². The highest BCUT2D eigenvalue weighted by atomic mass is 35.5. The number of amides is 1. The molecule has 1 aromatic rings. The number of carbonyl (C=O) groups is 1. The van der Waals surface area contributed by atoms with Gasteiger partial charge in [-0.15, -0.1) is 23.2 Å². The fourth-order valence-corrected chi connectivity index (χ4v) is 2.23. The van der Waals surface area contributed by atoms with E-state index in [1.165, 1.54) is 0 Å². The summed E-state index contributed by atoms with van der Waals surface area (Å²) in [6, 6.07) is 3.70. The monoisotopic (exact) mass is 258 g/mol. The number of aromatic nitrogens is 1. The van der Waals surface area contributed by atoms with Crippen LogP contribution in [0.2, 0.25) is 0 Å². The minimum Gasteiger partial charge on any atom is -0.351 e. The molecule has 1 aliphatic carbocycles. The van der Waals surface area contributed by atoms with Gasteiger partial charge in [-0.1, -0.05) is 0 Å². The van der Waals surface area contributed by atoms with Crippen LogP contribution in [0.25, 0.3) is 0 Å². The van der Waals surface area contributed by atoms with E-state index in [-0.39, 0.29) is 5.91 Å². The fourth-order valence-electron chi connectivity index (χ4n) is 1.52. The number of rotatable bonds is 3. The minimum absolute atomic E-state index is 0.102. The number of pyridine rings is 1. The van der Waals surface area contributed by atoms with Crippen molar-refractivity contribution in [2.75, 3.05) is 0 Å². The normalized spacial score (nSPS) is 26.2. The molecule has 1 fully saturated rings. The van der Waals surface area contributed by atoms with E-state index in [1.807, 2.05) is 12.1 Å². The van der Waals surface area contributed by atoms with Crippen molar-refractivity contribution in [3.63, 3.8) is 0 Å². The van der Waals surface area contributed by atoms with Crippen LogP contribution in [0.15, 0.2) is 24.5 Å². The third kappa shape index (κ3) is 2.02. The number of hydrogen-bond donors (Lipinski definition) is 1. The van der Waals surface area contributed by atoms with Crippen molar-refractivity contribution >= 4 is 29.1 Å². The molecule has 16 heavy (non-hydrogen) atoms. The van der Waals surface area contributed by atoms with Gasteiger partial charge in [0.2, 0.25) is 5.91 Å². The molecule has 1 atom stereocenters. The Labute approximate surface area is 104 Å². The van der Waals surface area contributed by atoms with E-state index in [2.05, 4.69) is 10.3 Å². The highest BCUT2D eigenvalue weighted by Gasteiger charge is 2.67. The minimum atomic E-state index is -0.907. The molecule has 3 nitrogen and oxygen atoms in total. The lowest BCUT2D eigenvalue weighted by molar-refractivity contribution is -0.125. The van der Waals surface area contributed by atoms with Gasteiger partial charge in [0.15, 0.2) is 0 Å². The SMILES string of the molecule is CC1(C(=O)NCc2ccncc2)CC1(Cl)Cl. The van der Waals surface area contributed by atoms with Crippen molar-refractivity contribution in [3.8, 4) is 0 Å². The van der Waals surface area contributed by atoms with E-state index in [4.69, 9.17) is 23.2 Å². The van der Waals surface area contributed by atoms with Crippen molar-refractivity contribution < 1.29 is 4.79 Å². The van der Waals surface area contributed by atoms with Crippen LogP contribution in [0.5, 0.6) is 0 Å². The summed E-state index contributed by atoms with van der Waals surface area (Å²) in [7, 11) is 0. The van der Waals surface area contributed by atoms with Gasteiger partial charge in [0.05, 0.1) is 5.41 Å². The maximum atomic E-state index is 11.8. The summed E-state index contributed by atoms with van der Waals surface area (Å²) in [4.78, 5) is 15.7. The summed E-state index contributed by atoms with van der Waals surface area (Å²) in [6.45, 7) is 2.25. The first-order valence-electron chi connectivity index (χ1n) is 5.01. The van der Waals surface area contributed by atoms with Crippen molar-refractivity contribution in [2.45, 2.75) is 24.2 Å². The average Bonchev–Trinajstić information content (AvgIpc) is 2.78. The quantitative estimate of drug-likeness (QED) is 0.846. The molecule has 1 N–H and O–H groups in total. The molecule has 0 spiro atoms. The Balaban J connectivity index is 1.91. The molecule has 0 bridgehead atoms. The lowest BCUT2D eigenvalue weighted by Gasteiger charge is -2.12. The Hall–Kier alpha value is -0.800. The standard InChI is InChI=1S/C11H12Cl2N2O/c1-10(7-11(10,12)13)9(16)15-6-8-2-4-14-5-3-8/h2-5H,6-7H2,1H3,(H,15,16). The number of alkyl halides is 2. The number of carbonyl (C=O) groups excluding carboxylic acids is 1. The molecule has 0 radical (unpaired) electrons. The van der Waals surface area contributed by atoms with Gasteiger partial charge in [0.1, 0.15) is 4.33 Å². The largest absolute Gasteiger partial charge is 0.351 e. The molecule has 1 aromatic heterocycles. The number of nitrogens with one attached hydrogen (secondary N) is 1. The van der Waals surface area contributed by atoms with Gasteiger partial charge < -0.3 is 5.32 Å². The van der Waals surface area contributed by atoms with E-state index in [0.717, 1.165) is 5.56 Å². The Kier molecular flexibility index (Phi) is 2.84. The van der Waals surface area contributed by atoms with Gasteiger partial charge in [-0.3, -0.25) is 9.78 Å². The summed E-state index contributed by atoms with van der Waals surface area (Å²) in [6.07, 6.45) is 3.88. The van der Waals surface area contributed by atoms with Crippen LogP contribution in [0.3, 0.4) is 0 Å². The first-order valence-corrected chi connectivity index (χ1v) is 5.76. The molecule has 2 rings (SSSR count). The van der Waals surface area contributed by atoms with E-state index < -0.39 is 9.75 Å². The van der Waals surface area contributed by atoms with Gasteiger partial charge in [-0.25, -0.2) is 0 Å². The smallest absolute Gasteiger partial charge is 0.229 e. The van der Waals surface area contributed by atoms with Gasteiger partial charge in [-0.05, 0) is 31.0 Å². The topological polar surface area (TPSA) is 42.0 Å². The Morgan fingerprint density at radius 3 is 2.56 bits per heavy atom. The first-order chi connectivity index (χ1) is 7.46.